The lowest BCUT2D eigenvalue weighted by Gasteiger charge is -2.36. The second-order valence-corrected chi connectivity index (χ2v) is 8.76. The van der Waals surface area contributed by atoms with Crippen LogP contribution in [0.3, 0.4) is 0 Å². The van der Waals surface area contributed by atoms with Crippen LogP contribution < -0.4 is 15.5 Å². The summed E-state index contributed by atoms with van der Waals surface area (Å²) in [6.07, 6.45) is 0. The Labute approximate surface area is 204 Å². The van der Waals surface area contributed by atoms with Crippen molar-refractivity contribution in [2.45, 2.75) is 6.54 Å². The SMILES string of the molecule is O=C(NC(=S)Nc1ccc(N2CCN(Cc3ccccc3)CC2)cc1)c1cc2ccccc2o1. The fraction of sp³-hybridized carbons (Fsp3) is 0.185. The Kier molecular flexibility index (Phi) is 6.56. The van der Waals surface area contributed by atoms with E-state index in [0.717, 1.165) is 43.8 Å². The van der Waals surface area contributed by atoms with Crippen molar-refractivity contribution in [1.29, 1.82) is 0 Å². The fourth-order valence-electron chi connectivity index (χ4n) is 4.18. The second kappa shape index (κ2) is 10.1. The van der Waals surface area contributed by atoms with E-state index in [1.54, 1.807) is 6.07 Å². The van der Waals surface area contributed by atoms with Crippen molar-refractivity contribution in [2.75, 3.05) is 36.4 Å². The van der Waals surface area contributed by atoms with Crippen LogP contribution in [-0.4, -0.2) is 42.1 Å². The van der Waals surface area contributed by atoms with E-state index >= 15 is 0 Å². The maximum Gasteiger partial charge on any atom is 0.293 e. The molecule has 4 aromatic rings. The van der Waals surface area contributed by atoms with Crippen molar-refractivity contribution >= 4 is 45.6 Å². The van der Waals surface area contributed by atoms with E-state index in [-0.39, 0.29) is 16.8 Å². The average molecular weight is 471 g/mol. The zero-order valence-electron chi connectivity index (χ0n) is 18.7. The third-order valence-electron chi connectivity index (χ3n) is 5.99. The van der Waals surface area contributed by atoms with Crippen LogP contribution >= 0.6 is 12.2 Å². The molecule has 0 aliphatic carbocycles. The van der Waals surface area contributed by atoms with Gasteiger partial charge in [-0.2, -0.15) is 0 Å². The van der Waals surface area contributed by atoms with E-state index in [0.29, 0.717) is 5.58 Å². The number of piperazine rings is 1. The van der Waals surface area contributed by atoms with E-state index in [9.17, 15) is 4.79 Å². The summed E-state index contributed by atoms with van der Waals surface area (Å²) in [5.41, 5.74) is 4.03. The molecule has 0 saturated carbocycles. The summed E-state index contributed by atoms with van der Waals surface area (Å²) in [5.74, 6) is -0.147. The van der Waals surface area contributed by atoms with Crippen LogP contribution in [0.15, 0.2) is 89.3 Å². The maximum absolute atomic E-state index is 12.5. The number of furan rings is 1. The molecule has 34 heavy (non-hydrogen) atoms. The molecule has 0 unspecified atom stereocenters. The summed E-state index contributed by atoms with van der Waals surface area (Å²) in [4.78, 5) is 17.4. The number of fused-ring (bicyclic) bond motifs is 1. The smallest absolute Gasteiger partial charge is 0.293 e. The lowest BCUT2D eigenvalue weighted by Crippen LogP contribution is -2.45. The van der Waals surface area contributed by atoms with Gasteiger partial charge in [-0.05, 0) is 54.2 Å². The first-order chi connectivity index (χ1) is 16.6. The number of anilines is 2. The van der Waals surface area contributed by atoms with E-state index in [4.69, 9.17) is 16.6 Å². The molecule has 0 spiro atoms. The average Bonchev–Trinajstić information content (AvgIpc) is 3.30. The number of carbonyl (C=O) groups excluding carboxylic acids is 1. The highest BCUT2D eigenvalue weighted by Crippen LogP contribution is 2.21. The first kappa shape index (κ1) is 22.1. The molecule has 6 nitrogen and oxygen atoms in total. The van der Waals surface area contributed by atoms with Crippen molar-refractivity contribution in [1.82, 2.24) is 10.2 Å². The minimum atomic E-state index is -0.376. The predicted octanol–water partition coefficient (Wildman–Crippen LogP) is 4.88. The number of para-hydroxylation sites is 1. The lowest BCUT2D eigenvalue weighted by molar-refractivity contribution is 0.0953. The summed E-state index contributed by atoms with van der Waals surface area (Å²) in [5, 5.41) is 6.86. The largest absolute Gasteiger partial charge is 0.451 e. The zero-order valence-corrected chi connectivity index (χ0v) is 19.6. The molecular formula is C27H26N4O2S. The molecule has 3 aromatic carbocycles. The molecule has 172 valence electrons. The molecular weight excluding hydrogens is 444 g/mol. The van der Waals surface area contributed by atoms with Crippen LogP contribution in [0.1, 0.15) is 16.1 Å². The number of amides is 1. The molecule has 1 aliphatic heterocycles. The van der Waals surface area contributed by atoms with Crippen molar-refractivity contribution in [3.8, 4) is 0 Å². The molecule has 1 amide bonds. The van der Waals surface area contributed by atoms with Crippen LogP contribution in [0.5, 0.6) is 0 Å². The molecule has 1 aliphatic rings. The quantitative estimate of drug-likeness (QED) is 0.406. The second-order valence-electron chi connectivity index (χ2n) is 8.35. The number of hydrogen-bond acceptors (Lipinski definition) is 5. The number of nitrogens with zero attached hydrogens (tertiary/aromatic N) is 2. The number of carbonyl (C=O) groups is 1. The molecule has 1 aromatic heterocycles. The zero-order chi connectivity index (χ0) is 23.3. The molecule has 5 rings (SSSR count). The summed E-state index contributed by atoms with van der Waals surface area (Å²) in [7, 11) is 0. The Morgan fingerprint density at radius 2 is 1.59 bits per heavy atom. The van der Waals surface area contributed by atoms with Gasteiger partial charge >= 0.3 is 0 Å². The van der Waals surface area contributed by atoms with Gasteiger partial charge in [0.05, 0.1) is 0 Å². The minimum absolute atomic E-state index is 0.229. The predicted molar refractivity (Wildman–Crippen MR) is 140 cm³/mol. The van der Waals surface area contributed by atoms with Crippen LogP contribution in [0.4, 0.5) is 11.4 Å². The Morgan fingerprint density at radius 1 is 0.882 bits per heavy atom. The molecule has 0 radical (unpaired) electrons. The van der Waals surface area contributed by atoms with Gasteiger partial charge in [0, 0.05) is 49.5 Å². The topological polar surface area (TPSA) is 60.8 Å². The van der Waals surface area contributed by atoms with Gasteiger partial charge in [-0.15, -0.1) is 0 Å². The van der Waals surface area contributed by atoms with Crippen molar-refractivity contribution < 1.29 is 9.21 Å². The Balaban J connectivity index is 1.12. The van der Waals surface area contributed by atoms with Gasteiger partial charge in [0.25, 0.3) is 5.91 Å². The van der Waals surface area contributed by atoms with Crippen molar-refractivity contribution in [2.24, 2.45) is 0 Å². The summed E-state index contributed by atoms with van der Waals surface area (Å²) in [6, 6.07) is 27.9. The monoisotopic (exact) mass is 470 g/mol. The summed E-state index contributed by atoms with van der Waals surface area (Å²) >= 11 is 5.32. The summed E-state index contributed by atoms with van der Waals surface area (Å²) < 4.78 is 5.60. The number of thiocarbonyl (C=S) groups is 1. The van der Waals surface area contributed by atoms with Gasteiger partial charge in [0.2, 0.25) is 0 Å². The maximum atomic E-state index is 12.5. The number of rotatable bonds is 5. The highest BCUT2D eigenvalue weighted by molar-refractivity contribution is 7.80. The number of hydrogen-bond donors (Lipinski definition) is 2. The first-order valence-corrected chi connectivity index (χ1v) is 11.8. The molecule has 1 fully saturated rings. The van der Waals surface area contributed by atoms with Gasteiger partial charge in [-0.3, -0.25) is 15.0 Å². The highest BCUT2D eigenvalue weighted by Gasteiger charge is 2.18. The van der Waals surface area contributed by atoms with Gasteiger partial charge in [-0.1, -0.05) is 48.5 Å². The third-order valence-corrected chi connectivity index (χ3v) is 6.19. The molecule has 2 heterocycles. The molecule has 2 N–H and O–H groups in total. The van der Waals surface area contributed by atoms with E-state index in [1.807, 2.05) is 36.4 Å². The standard InChI is InChI=1S/C27H26N4O2S/c32-26(25-18-21-8-4-5-9-24(21)33-25)29-27(34)28-22-10-12-23(13-11-22)31-16-14-30(15-17-31)19-20-6-2-1-3-7-20/h1-13,18H,14-17,19H2,(H2,28,29,32,34). The van der Waals surface area contributed by atoms with E-state index in [2.05, 4.69) is 62.9 Å². The summed E-state index contributed by atoms with van der Waals surface area (Å²) in [6.45, 7) is 5.05. The lowest BCUT2D eigenvalue weighted by atomic mass is 10.2. The van der Waals surface area contributed by atoms with Crippen LogP contribution in [-0.2, 0) is 6.54 Å². The van der Waals surface area contributed by atoms with Gasteiger partial charge in [0.15, 0.2) is 10.9 Å². The third kappa shape index (κ3) is 5.27. The highest BCUT2D eigenvalue weighted by atomic mass is 32.1. The molecule has 7 heteroatoms. The van der Waals surface area contributed by atoms with Gasteiger partial charge in [0.1, 0.15) is 5.58 Å². The minimum Gasteiger partial charge on any atom is -0.451 e. The van der Waals surface area contributed by atoms with Crippen LogP contribution in [0.2, 0.25) is 0 Å². The van der Waals surface area contributed by atoms with Crippen molar-refractivity contribution in [3.05, 3.63) is 96.3 Å². The fourth-order valence-corrected chi connectivity index (χ4v) is 4.39. The van der Waals surface area contributed by atoms with Crippen LogP contribution in [0, 0.1) is 0 Å². The van der Waals surface area contributed by atoms with Crippen molar-refractivity contribution in [3.63, 3.8) is 0 Å². The van der Waals surface area contributed by atoms with E-state index < -0.39 is 0 Å². The Hall–Kier alpha value is -3.68. The Bertz CT molecular complexity index is 1250. The van der Waals surface area contributed by atoms with Gasteiger partial charge in [-0.25, -0.2) is 0 Å². The molecule has 0 bridgehead atoms. The normalized spacial score (nSPS) is 14.2. The first-order valence-electron chi connectivity index (χ1n) is 11.4. The molecule has 0 atom stereocenters. The Morgan fingerprint density at radius 3 is 2.32 bits per heavy atom. The number of benzene rings is 3. The number of nitrogens with one attached hydrogen (secondary N) is 2. The van der Waals surface area contributed by atoms with E-state index in [1.165, 1.54) is 11.3 Å². The van der Waals surface area contributed by atoms with Gasteiger partial charge < -0.3 is 14.6 Å². The van der Waals surface area contributed by atoms with Crippen LogP contribution in [0.25, 0.3) is 11.0 Å². The molecule has 1 saturated heterocycles.